The Balaban J connectivity index is 1.66. The molecule has 0 unspecified atom stereocenters. The summed E-state index contributed by atoms with van der Waals surface area (Å²) in [5.74, 6) is -1.17. The fourth-order valence-electron chi connectivity index (χ4n) is 2.85. The van der Waals surface area contributed by atoms with Gasteiger partial charge in [0.1, 0.15) is 0 Å². The summed E-state index contributed by atoms with van der Waals surface area (Å²) in [4.78, 5) is 29.7. The van der Waals surface area contributed by atoms with E-state index in [9.17, 15) is 14.7 Å². The minimum Gasteiger partial charge on any atom is -0.492 e. The molecular weight excluding hydrogens is 350 g/mol. The lowest BCUT2D eigenvalue weighted by molar-refractivity contribution is 0.0949. The van der Waals surface area contributed by atoms with Crippen LogP contribution in [0.1, 0.15) is 15.9 Å². The van der Waals surface area contributed by atoms with Gasteiger partial charge in [0.15, 0.2) is 5.56 Å². The maximum atomic E-state index is 12.8. The quantitative estimate of drug-likeness (QED) is 0.582. The number of carbonyl (C=O) groups excluding carboxylic acids is 1. The third-order valence-corrected chi connectivity index (χ3v) is 5.13. The first-order valence-electron chi connectivity index (χ1n) is 8.10. The summed E-state index contributed by atoms with van der Waals surface area (Å²) in [5.41, 5.74) is 0.843. The summed E-state index contributed by atoms with van der Waals surface area (Å²) < 4.78 is 2.23. The molecule has 0 bridgehead atoms. The molecule has 130 valence electrons. The zero-order chi connectivity index (χ0) is 18.1. The Bertz CT molecular complexity index is 1170. The third kappa shape index (κ3) is 2.82. The minimum absolute atomic E-state index is 0.334. The summed E-state index contributed by atoms with van der Waals surface area (Å²) in [7, 11) is 0. The lowest BCUT2D eigenvalue weighted by atomic mass is 10.1. The molecule has 0 aliphatic carbocycles. The van der Waals surface area contributed by atoms with Crippen molar-refractivity contribution < 1.29 is 9.90 Å². The number of hydrogen-bond donors (Lipinski definition) is 2. The van der Waals surface area contributed by atoms with Crippen molar-refractivity contribution in [1.29, 1.82) is 0 Å². The third-order valence-electron chi connectivity index (χ3n) is 4.11. The largest absolute Gasteiger partial charge is 0.492 e. The van der Waals surface area contributed by atoms with Gasteiger partial charge in [0.2, 0.25) is 10.8 Å². The summed E-state index contributed by atoms with van der Waals surface area (Å²) in [5, 5.41) is 12.8. The normalized spacial score (nSPS) is 11.1. The molecule has 1 amide bonds. The molecule has 26 heavy (non-hydrogen) atoms. The maximum Gasteiger partial charge on any atom is 0.275 e. The lowest BCUT2D eigenvalue weighted by Crippen LogP contribution is -2.32. The van der Waals surface area contributed by atoms with E-state index in [-0.39, 0.29) is 5.56 Å². The number of aromatic nitrogens is 2. The molecule has 0 aliphatic heterocycles. The van der Waals surface area contributed by atoms with Crippen molar-refractivity contribution >= 4 is 32.4 Å². The van der Waals surface area contributed by atoms with Gasteiger partial charge in [-0.05, 0) is 24.1 Å². The van der Waals surface area contributed by atoms with Crippen molar-refractivity contribution in [3.05, 3.63) is 76.1 Å². The molecule has 0 radical (unpaired) electrons. The van der Waals surface area contributed by atoms with Crippen molar-refractivity contribution in [2.24, 2.45) is 0 Å². The van der Waals surface area contributed by atoms with E-state index < -0.39 is 17.3 Å². The van der Waals surface area contributed by atoms with Gasteiger partial charge in [-0.25, -0.2) is 0 Å². The number of para-hydroxylation sites is 1. The molecule has 0 saturated heterocycles. The molecule has 4 rings (SSSR count). The summed E-state index contributed by atoms with van der Waals surface area (Å²) in [6.07, 6.45) is 0.631. The Kier molecular flexibility index (Phi) is 4.14. The van der Waals surface area contributed by atoms with Crippen molar-refractivity contribution in [3.8, 4) is 5.88 Å². The van der Waals surface area contributed by atoms with E-state index in [1.807, 2.05) is 48.5 Å². The molecule has 0 spiro atoms. The highest BCUT2D eigenvalue weighted by atomic mass is 32.1. The zero-order valence-electron chi connectivity index (χ0n) is 13.7. The second-order valence-corrected chi connectivity index (χ2v) is 6.80. The zero-order valence-corrected chi connectivity index (χ0v) is 14.5. The molecule has 6 nitrogen and oxygen atoms in total. The van der Waals surface area contributed by atoms with Crippen molar-refractivity contribution in [2.45, 2.75) is 6.42 Å². The van der Waals surface area contributed by atoms with Crippen LogP contribution in [0.25, 0.3) is 15.2 Å². The summed E-state index contributed by atoms with van der Waals surface area (Å²) in [6.45, 7) is 0.356. The fourth-order valence-corrected chi connectivity index (χ4v) is 3.86. The molecule has 7 heteroatoms. The molecule has 4 aromatic rings. The van der Waals surface area contributed by atoms with Crippen LogP contribution in [0.5, 0.6) is 5.88 Å². The van der Waals surface area contributed by atoms with E-state index in [1.165, 1.54) is 15.7 Å². The van der Waals surface area contributed by atoms with Gasteiger partial charge in [0, 0.05) is 6.54 Å². The lowest BCUT2D eigenvalue weighted by Gasteiger charge is -2.07. The molecule has 0 fully saturated rings. The number of amides is 1. The SMILES string of the molecule is O=C(NCCc1ccccc1)c1c(O)nc2sc3ccccc3n2c1=O. The van der Waals surface area contributed by atoms with Gasteiger partial charge >= 0.3 is 0 Å². The first-order valence-corrected chi connectivity index (χ1v) is 8.92. The van der Waals surface area contributed by atoms with Crippen LogP contribution in [0, 0.1) is 0 Å². The van der Waals surface area contributed by atoms with E-state index in [2.05, 4.69) is 10.3 Å². The molecule has 2 aromatic heterocycles. The second kappa shape index (κ2) is 6.61. The van der Waals surface area contributed by atoms with Crippen LogP contribution in [-0.4, -0.2) is 26.9 Å². The van der Waals surface area contributed by atoms with Gasteiger partial charge in [-0.3, -0.25) is 14.0 Å². The average molecular weight is 365 g/mol. The monoisotopic (exact) mass is 365 g/mol. The number of nitrogens with one attached hydrogen (secondary N) is 1. The van der Waals surface area contributed by atoms with Crippen LogP contribution < -0.4 is 10.9 Å². The Morgan fingerprint density at radius 3 is 2.65 bits per heavy atom. The average Bonchev–Trinajstić information content (AvgIpc) is 3.00. The van der Waals surface area contributed by atoms with Gasteiger partial charge in [0.25, 0.3) is 11.5 Å². The van der Waals surface area contributed by atoms with Gasteiger partial charge in [-0.1, -0.05) is 53.8 Å². The van der Waals surface area contributed by atoms with Gasteiger partial charge in [-0.2, -0.15) is 4.98 Å². The number of hydrogen-bond acceptors (Lipinski definition) is 5. The Morgan fingerprint density at radius 2 is 1.85 bits per heavy atom. The molecule has 0 atom stereocenters. The van der Waals surface area contributed by atoms with Gasteiger partial charge in [-0.15, -0.1) is 0 Å². The van der Waals surface area contributed by atoms with Crippen LogP contribution in [0.3, 0.4) is 0 Å². The van der Waals surface area contributed by atoms with Crippen molar-refractivity contribution in [2.75, 3.05) is 6.54 Å². The molecule has 0 saturated carbocycles. The summed E-state index contributed by atoms with van der Waals surface area (Å²) >= 11 is 1.29. The number of carbonyl (C=O) groups is 1. The standard InChI is InChI=1S/C19H15N3O3S/c23-16(20-11-10-12-6-2-1-3-7-12)15-17(24)21-19-22(18(15)25)13-8-4-5-9-14(13)26-19/h1-9,24H,10-11H2,(H,20,23). The first-order chi connectivity index (χ1) is 12.6. The Hall–Kier alpha value is -3.19. The van der Waals surface area contributed by atoms with Crippen LogP contribution in [0.4, 0.5) is 0 Å². The smallest absolute Gasteiger partial charge is 0.275 e. The van der Waals surface area contributed by atoms with E-state index >= 15 is 0 Å². The summed E-state index contributed by atoms with van der Waals surface area (Å²) in [6, 6.07) is 17.0. The minimum atomic E-state index is -0.624. The van der Waals surface area contributed by atoms with Gasteiger partial charge < -0.3 is 10.4 Å². The van der Waals surface area contributed by atoms with Gasteiger partial charge in [0.05, 0.1) is 10.2 Å². The fraction of sp³-hybridized carbons (Fsp3) is 0.105. The molecule has 2 heterocycles. The topological polar surface area (TPSA) is 83.7 Å². The van der Waals surface area contributed by atoms with Crippen molar-refractivity contribution in [1.82, 2.24) is 14.7 Å². The number of rotatable bonds is 4. The number of benzene rings is 2. The highest BCUT2D eigenvalue weighted by Gasteiger charge is 2.21. The van der Waals surface area contributed by atoms with Crippen LogP contribution in [-0.2, 0) is 6.42 Å². The number of nitrogens with zero attached hydrogens (tertiary/aromatic N) is 2. The van der Waals surface area contributed by atoms with E-state index in [0.29, 0.717) is 23.4 Å². The number of aromatic hydroxyl groups is 1. The number of fused-ring (bicyclic) bond motifs is 3. The predicted molar refractivity (Wildman–Crippen MR) is 101 cm³/mol. The molecular formula is C19H15N3O3S. The van der Waals surface area contributed by atoms with E-state index in [0.717, 1.165) is 10.3 Å². The first kappa shape index (κ1) is 16.3. The van der Waals surface area contributed by atoms with Crippen LogP contribution in [0.15, 0.2) is 59.4 Å². The highest BCUT2D eigenvalue weighted by molar-refractivity contribution is 7.23. The van der Waals surface area contributed by atoms with Crippen LogP contribution in [0.2, 0.25) is 0 Å². The van der Waals surface area contributed by atoms with E-state index in [1.54, 1.807) is 6.07 Å². The maximum absolute atomic E-state index is 12.8. The van der Waals surface area contributed by atoms with E-state index in [4.69, 9.17) is 0 Å². The Morgan fingerprint density at radius 1 is 1.12 bits per heavy atom. The van der Waals surface area contributed by atoms with Crippen molar-refractivity contribution in [3.63, 3.8) is 0 Å². The van der Waals surface area contributed by atoms with Crippen LogP contribution >= 0.6 is 11.3 Å². The highest BCUT2D eigenvalue weighted by Crippen LogP contribution is 2.25. The Labute approximate surface area is 152 Å². The molecule has 2 N–H and O–H groups in total. The number of thiazole rings is 1. The predicted octanol–water partition coefficient (Wildman–Crippen LogP) is 2.59. The second-order valence-electron chi connectivity index (χ2n) is 5.79. The molecule has 2 aromatic carbocycles. The molecule has 0 aliphatic rings.